The first-order chi connectivity index (χ1) is 16.8. The van der Waals surface area contributed by atoms with Gasteiger partial charge in [-0.15, -0.1) is 0 Å². The zero-order valence-electron chi connectivity index (χ0n) is 22.7. The molecule has 1 rings (SSSR count). The maximum atomic E-state index is 13.9. The standard InChI is InChI=1S/C26H41N3O6S/c1-9-13-29(24(32)20(12-14-36-8)28-25(33)35-26(4,5)6)22(23(31)27-16-21(30)34-7)19-11-10-17(2)15-18(19)3/h10-11,15,20,22H,9,12-14,16H2,1-8H3,(H,27,31)(H,28,33). The molecule has 1 aromatic carbocycles. The first-order valence-electron chi connectivity index (χ1n) is 12.0. The van der Waals surface area contributed by atoms with Crippen molar-refractivity contribution in [1.82, 2.24) is 15.5 Å². The van der Waals surface area contributed by atoms with Crippen molar-refractivity contribution in [3.63, 3.8) is 0 Å². The van der Waals surface area contributed by atoms with Gasteiger partial charge in [-0.2, -0.15) is 11.8 Å². The number of alkyl carbamates (subject to hydrolysis) is 1. The summed E-state index contributed by atoms with van der Waals surface area (Å²) in [5, 5.41) is 5.30. The van der Waals surface area contributed by atoms with Crippen LogP contribution in [0.15, 0.2) is 18.2 Å². The van der Waals surface area contributed by atoms with Crippen LogP contribution in [0, 0.1) is 13.8 Å². The summed E-state index contributed by atoms with van der Waals surface area (Å²) in [4.78, 5) is 53.1. The molecule has 36 heavy (non-hydrogen) atoms. The fraction of sp³-hybridized carbons (Fsp3) is 0.615. The summed E-state index contributed by atoms with van der Waals surface area (Å²) in [6.45, 7) is 10.9. The molecule has 2 atom stereocenters. The van der Waals surface area contributed by atoms with Gasteiger partial charge in [0.1, 0.15) is 24.2 Å². The number of hydrogen-bond donors (Lipinski definition) is 2. The zero-order chi connectivity index (χ0) is 27.5. The third-order valence-corrected chi connectivity index (χ3v) is 5.91. The van der Waals surface area contributed by atoms with Crippen molar-refractivity contribution in [1.29, 1.82) is 0 Å². The average molecular weight is 524 g/mol. The number of amides is 3. The first kappa shape index (κ1) is 31.3. The molecule has 0 aliphatic rings. The SMILES string of the molecule is CCCN(C(=O)C(CCSC)NC(=O)OC(C)(C)C)C(C(=O)NCC(=O)OC)c1ccc(C)cc1C. The highest BCUT2D eigenvalue weighted by molar-refractivity contribution is 7.98. The number of ether oxygens (including phenoxy) is 2. The van der Waals surface area contributed by atoms with Crippen molar-refractivity contribution in [2.45, 2.75) is 72.1 Å². The molecule has 0 aliphatic carbocycles. The fourth-order valence-electron chi connectivity index (χ4n) is 3.66. The van der Waals surface area contributed by atoms with Crippen molar-refractivity contribution in [3.8, 4) is 0 Å². The van der Waals surface area contributed by atoms with Gasteiger partial charge in [0.15, 0.2) is 0 Å². The molecule has 1 aromatic rings. The van der Waals surface area contributed by atoms with Crippen LogP contribution >= 0.6 is 11.8 Å². The van der Waals surface area contributed by atoms with Crippen LogP contribution in [-0.2, 0) is 23.9 Å². The van der Waals surface area contributed by atoms with Gasteiger partial charge in [0.2, 0.25) is 11.8 Å². The summed E-state index contributed by atoms with van der Waals surface area (Å²) in [5.41, 5.74) is 1.77. The summed E-state index contributed by atoms with van der Waals surface area (Å²) in [5.74, 6) is -0.875. The molecule has 2 unspecified atom stereocenters. The Bertz CT molecular complexity index is 915. The van der Waals surface area contributed by atoms with Crippen molar-refractivity contribution < 1.29 is 28.7 Å². The second-order valence-electron chi connectivity index (χ2n) is 9.57. The second kappa shape index (κ2) is 14.7. The summed E-state index contributed by atoms with van der Waals surface area (Å²) >= 11 is 1.55. The van der Waals surface area contributed by atoms with Gasteiger partial charge >= 0.3 is 12.1 Å². The third-order valence-electron chi connectivity index (χ3n) is 5.26. The van der Waals surface area contributed by atoms with Gasteiger partial charge in [0.05, 0.1) is 7.11 Å². The lowest BCUT2D eigenvalue weighted by molar-refractivity contribution is -0.144. The molecular formula is C26H41N3O6S. The number of nitrogens with zero attached hydrogens (tertiary/aromatic N) is 1. The Balaban J connectivity index is 3.45. The van der Waals surface area contributed by atoms with E-state index in [1.54, 1.807) is 32.5 Å². The van der Waals surface area contributed by atoms with E-state index in [0.29, 0.717) is 24.2 Å². The van der Waals surface area contributed by atoms with Crippen LogP contribution in [0.3, 0.4) is 0 Å². The third kappa shape index (κ3) is 10.1. The van der Waals surface area contributed by atoms with Crippen LogP contribution < -0.4 is 10.6 Å². The molecular weight excluding hydrogens is 482 g/mol. The number of rotatable bonds is 12. The minimum atomic E-state index is -1.00. The van der Waals surface area contributed by atoms with Crippen molar-refractivity contribution >= 4 is 35.6 Å². The quantitative estimate of drug-likeness (QED) is 0.403. The number of benzene rings is 1. The Morgan fingerprint density at radius 2 is 1.81 bits per heavy atom. The monoisotopic (exact) mass is 523 g/mol. The average Bonchev–Trinajstić information content (AvgIpc) is 2.79. The van der Waals surface area contributed by atoms with E-state index < -0.39 is 41.6 Å². The molecule has 202 valence electrons. The van der Waals surface area contributed by atoms with Crippen molar-refractivity contribution in [2.75, 3.05) is 32.2 Å². The molecule has 3 amide bonds. The van der Waals surface area contributed by atoms with Crippen LogP contribution in [-0.4, -0.2) is 72.6 Å². The maximum Gasteiger partial charge on any atom is 0.408 e. The zero-order valence-corrected chi connectivity index (χ0v) is 23.5. The fourth-order valence-corrected chi connectivity index (χ4v) is 4.13. The molecule has 0 fully saturated rings. The van der Waals surface area contributed by atoms with Crippen LogP contribution in [0.25, 0.3) is 0 Å². The summed E-state index contributed by atoms with van der Waals surface area (Å²) in [6.07, 6.45) is 2.16. The lowest BCUT2D eigenvalue weighted by Crippen LogP contribution is -2.53. The van der Waals surface area contributed by atoms with E-state index in [0.717, 1.165) is 11.1 Å². The Morgan fingerprint density at radius 3 is 2.33 bits per heavy atom. The van der Waals surface area contributed by atoms with Crippen LogP contribution in [0.2, 0.25) is 0 Å². The van der Waals surface area contributed by atoms with E-state index in [-0.39, 0.29) is 13.1 Å². The van der Waals surface area contributed by atoms with Crippen LogP contribution in [0.1, 0.15) is 63.3 Å². The number of carbonyl (C=O) groups excluding carboxylic acids is 4. The molecule has 0 saturated heterocycles. The Kier molecular flexibility index (Phi) is 12.8. The maximum absolute atomic E-state index is 13.9. The normalized spacial score (nSPS) is 12.8. The van der Waals surface area contributed by atoms with Gasteiger partial charge in [-0.3, -0.25) is 14.4 Å². The molecule has 0 spiro atoms. The van der Waals surface area contributed by atoms with Gasteiger partial charge in [-0.05, 0) is 70.6 Å². The van der Waals surface area contributed by atoms with Gasteiger partial charge in [-0.25, -0.2) is 4.79 Å². The van der Waals surface area contributed by atoms with Crippen molar-refractivity contribution in [3.05, 3.63) is 34.9 Å². The highest BCUT2D eigenvalue weighted by Gasteiger charge is 2.36. The van der Waals surface area contributed by atoms with Crippen LogP contribution in [0.5, 0.6) is 0 Å². The molecule has 10 heteroatoms. The lowest BCUT2D eigenvalue weighted by atomic mass is 9.96. The molecule has 0 heterocycles. The lowest BCUT2D eigenvalue weighted by Gasteiger charge is -2.35. The van der Waals surface area contributed by atoms with Gasteiger partial charge in [-0.1, -0.05) is 30.7 Å². The van der Waals surface area contributed by atoms with E-state index in [4.69, 9.17) is 4.74 Å². The number of aryl methyl sites for hydroxylation is 2. The topological polar surface area (TPSA) is 114 Å². The van der Waals surface area contributed by atoms with E-state index >= 15 is 0 Å². The highest BCUT2D eigenvalue weighted by Crippen LogP contribution is 2.27. The number of thioether (sulfide) groups is 1. The summed E-state index contributed by atoms with van der Waals surface area (Å²) in [6, 6.07) is 3.75. The summed E-state index contributed by atoms with van der Waals surface area (Å²) < 4.78 is 10.0. The van der Waals surface area contributed by atoms with E-state index in [1.165, 1.54) is 12.0 Å². The summed E-state index contributed by atoms with van der Waals surface area (Å²) in [7, 11) is 1.24. The number of esters is 1. The smallest absolute Gasteiger partial charge is 0.408 e. The molecule has 0 aliphatic heterocycles. The number of methoxy groups -OCH3 is 1. The van der Waals surface area contributed by atoms with Crippen molar-refractivity contribution in [2.24, 2.45) is 0 Å². The molecule has 0 radical (unpaired) electrons. The highest BCUT2D eigenvalue weighted by atomic mass is 32.2. The predicted molar refractivity (Wildman–Crippen MR) is 142 cm³/mol. The van der Waals surface area contributed by atoms with E-state index in [1.807, 2.05) is 45.2 Å². The molecule has 2 N–H and O–H groups in total. The van der Waals surface area contributed by atoms with E-state index in [2.05, 4.69) is 15.4 Å². The molecule has 9 nitrogen and oxygen atoms in total. The number of carbonyl (C=O) groups is 4. The molecule has 0 aromatic heterocycles. The van der Waals surface area contributed by atoms with E-state index in [9.17, 15) is 19.2 Å². The minimum absolute atomic E-state index is 0.272. The molecule has 0 bridgehead atoms. The Labute approximate surface area is 219 Å². The Morgan fingerprint density at radius 1 is 1.14 bits per heavy atom. The first-order valence-corrected chi connectivity index (χ1v) is 13.4. The van der Waals surface area contributed by atoms with Crippen LogP contribution in [0.4, 0.5) is 4.79 Å². The second-order valence-corrected chi connectivity index (χ2v) is 10.6. The predicted octanol–water partition coefficient (Wildman–Crippen LogP) is 3.52. The molecule has 0 saturated carbocycles. The number of nitrogens with one attached hydrogen (secondary N) is 2. The van der Waals surface area contributed by atoms with Gasteiger partial charge in [0.25, 0.3) is 0 Å². The minimum Gasteiger partial charge on any atom is -0.468 e. The Hall–Kier alpha value is -2.75. The largest absolute Gasteiger partial charge is 0.468 e. The van der Waals surface area contributed by atoms with Gasteiger partial charge < -0.3 is 25.0 Å². The number of hydrogen-bond acceptors (Lipinski definition) is 7. The van der Waals surface area contributed by atoms with Gasteiger partial charge in [0, 0.05) is 6.54 Å².